The maximum Gasteiger partial charge on any atom is 0.116 e. The van der Waals surface area contributed by atoms with E-state index >= 15 is 0 Å². The van der Waals surface area contributed by atoms with Crippen LogP contribution in [-0.2, 0) is 7.05 Å². The Kier molecular flexibility index (Phi) is 3.08. The number of phenols is 1. The molecule has 4 aromatic rings. The molecule has 2 heterocycles. The highest BCUT2D eigenvalue weighted by molar-refractivity contribution is 5.85. The van der Waals surface area contributed by atoms with E-state index in [-0.39, 0.29) is 5.75 Å². The van der Waals surface area contributed by atoms with Crippen LogP contribution in [0.3, 0.4) is 0 Å². The van der Waals surface area contributed by atoms with Gasteiger partial charge in [-0.05, 0) is 30.3 Å². The van der Waals surface area contributed by atoms with Gasteiger partial charge >= 0.3 is 0 Å². The molecule has 0 spiro atoms. The van der Waals surface area contributed by atoms with E-state index < -0.39 is 0 Å². The third-order valence-electron chi connectivity index (χ3n) is 3.96. The minimum Gasteiger partial charge on any atom is -0.508 e. The summed E-state index contributed by atoms with van der Waals surface area (Å²) in [7, 11) is 2.03. The summed E-state index contributed by atoms with van der Waals surface area (Å²) in [5, 5.41) is 10.8. The largest absolute Gasteiger partial charge is 0.508 e. The second-order valence-electron chi connectivity index (χ2n) is 5.54. The zero-order valence-corrected chi connectivity index (χ0v) is 12.6. The molecule has 0 aliphatic rings. The smallest absolute Gasteiger partial charge is 0.116 e. The van der Waals surface area contributed by atoms with E-state index in [0.717, 1.165) is 22.5 Å². The van der Waals surface area contributed by atoms with Crippen molar-refractivity contribution in [3.8, 4) is 28.3 Å². The Bertz CT molecular complexity index is 1000. The predicted octanol–water partition coefficient (Wildman–Crippen LogP) is 4.01. The van der Waals surface area contributed by atoms with Gasteiger partial charge in [-0.1, -0.05) is 18.2 Å². The average Bonchev–Trinajstić information content (AvgIpc) is 2.96. The number of fused-ring (bicyclic) bond motifs is 1. The number of nitrogens with zero attached hydrogens (tertiary/aromatic N) is 3. The molecule has 23 heavy (non-hydrogen) atoms. The minimum atomic E-state index is 0.223. The fourth-order valence-corrected chi connectivity index (χ4v) is 2.75. The molecule has 0 unspecified atom stereocenters. The van der Waals surface area contributed by atoms with Crippen LogP contribution < -0.4 is 0 Å². The summed E-state index contributed by atoms with van der Waals surface area (Å²) in [6, 6.07) is 15.4. The fraction of sp³-hybridized carbons (Fsp3) is 0.0526. The van der Waals surface area contributed by atoms with Crippen LogP contribution in [0.25, 0.3) is 33.4 Å². The third-order valence-corrected chi connectivity index (χ3v) is 3.96. The van der Waals surface area contributed by atoms with E-state index in [9.17, 15) is 5.11 Å². The lowest BCUT2D eigenvalue weighted by molar-refractivity contribution is 0.475. The lowest BCUT2D eigenvalue weighted by atomic mass is 10.1. The number of hydrogen-bond donors (Lipinski definition) is 1. The van der Waals surface area contributed by atoms with Crippen LogP contribution in [0, 0.1) is 0 Å². The second-order valence-corrected chi connectivity index (χ2v) is 5.54. The molecule has 1 N–H and O–H groups in total. The molecule has 0 bridgehead atoms. The number of aryl methyl sites for hydroxylation is 1. The van der Waals surface area contributed by atoms with Crippen molar-refractivity contribution in [3.05, 3.63) is 67.1 Å². The van der Waals surface area contributed by atoms with E-state index in [1.54, 1.807) is 30.6 Å². The molecule has 112 valence electrons. The standard InChI is InChI=1S/C19H15N3O/c1-22-8-7-15-9-14(5-6-19(15)22)18-12-20-11-17(21-18)13-3-2-4-16(23)10-13/h2-12,23H,1H3. The molecular formula is C19H15N3O. The van der Waals surface area contributed by atoms with Gasteiger partial charge in [-0.3, -0.25) is 4.98 Å². The van der Waals surface area contributed by atoms with Crippen LogP contribution in [0.5, 0.6) is 5.75 Å². The normalized spacial score (nSPS) is 11.0. The monoisotopic (exact) mass is 301 g/mol. The topological polar surface area (TPSA) is 50.9 Å². The van der Waals surface area contributed by atoms with Crippen LogP contribution in [0.1, 0.15) is 0 Å². The van der Waals surface area contributed by atoms with Crippen LogP contribution in [-0.4, -0.2) is 19.6 Å². The lowest BCUT2D eigenvalue weighted by Gasteiger charge is -2.06. The van der Waals surface area contributed by atoms with Crippen LogP contribution in [0.15, 0.2) is 67.1 Å². The van der Waals surface area contributed by atoms with Gasteiger partial charge in [0.2, 0.25) is 0 Å². The van der Waals surface area contributed by atoms with E-state index in [1.165, 1.54) is 10.9 Å². The molecular weight excluding hydrogens is 286 g/mol. The first-order chi connectivity index (χ1) is 11.2. The first-order valence-electron chi connectivity index (χ1n) is 7.37. The first kappa shape index (κ1) is 13.5. The summed E-state index contributed by atoms with van der Waals surface area (Å²) in [6.07, 6.45) is 5.51. The number of phenolic OH excluding ortho intramolecular Hbond substituents is 1. The number of aromatic hydroxyl groups is 1. The average molecular weight is 301 g/mol. The van der Waals surface area contributed by atoms with E-state index in [2.05, 4.69) is 38.8 Å². The highest BCUT2D eigenvalue weighted by Crippen LogP contribution is 2.26. The lowest BCUT2D eigenvalue weighted by Crippen LogP contribution is -1.90. The fourth-order valence-electron chi connectivity index (χ4n) is 2.75. The molecule has 0 radical (unpaired) electrons. The minimum absolute atomic E-state index is 0.223. The van der Waals surface area contributed by atoms with Gasteiger partial charge in [0.25, 0.3) is 0 Å². The maximum absolute atomic E-state index is 9.63. The highest BCUT2D eigenvalue weighted by Gasteiger charge is 2.07. The van der Waals surface area contributed by atoms with Gasteiger partial charge in [0.1, 0.15) is 5.75 Å². The van der Waals surface area contributed by atoms with Crippen molar-refractivity contribution in [2.75, 3.05) is 0 Å². The Morgan fingerprint density at radius 1 is 0.913 bits per heavy atom. The summed E-state index contributed by atoms with van der Waals surface area (Å²) in [5.41, 5.74) is 4.62. The first-order valence-corrected chi connectivity index (χ1v) is 7.37. The quantitative estimate of drug-likeness (QED) is 0.608. The van der Waals surface area contributed by atoms with Gasteiger partial charge in [-0.25, -0.2) is 4.98 Å². The Labute approximate surface area is 133 Å². The number of aromatic nitrogens is 3. The zero-order chi connectivity index (χ0) is 15.8. The Morgan fingerprint density at radius 2 is 1.70 bits per heavy atom. The van der Waals surface area contributed by atoms with Crippen molar-refractivity contribution in [1.82, 2.24) is 14.5 Å². The maximum atomic E-state index is 9.63. The molecule has 2 aromatic heterocycles. The van der Waals surface area contributed by atoms with Gasteiger partial charge in [0.05, 0.1) is 23.8 Å². The molecule has 0 amide bonds. The van der Waals surface area contributed by atoms with Crippen LogP contribution in [0.2, 0.25) is 0 Å². The van der Waals surface area contributed by atoms with Gasteiger partial charge < -0.3 is 9.67 Å². The molecule has 4 nitrogen and oxygen atoms in total. The summed E-state index contributed by atoms with van der Waals surface area (Å²) < 4.78 is 2.09. The molecule has 0 fully saturated rings. The summed E-state index contributed by atoms with van der Waals surface area (Å²) in [5.74, 6) is 0.223. The van der Waals surface area contributed by atoms with Crippen molar-refractivity contribution in [3.63, 3.8) is 0 Å². The van der Waals surface area contributed by atoms with Gasteiger partial charge in [0, 0.05) is 35.3 Å². The number of hydrogen-bond acceptors (Lipinski definition) is 3. The number of benzene rings is 2. The van der Waals surface area contributed by atoms with E-state index in [0.29, 0.717) is 0 Å². The van der Waals surface area contributed by atoms with E-state index in [4.69, 9.17) is 0 Å². The summed E-state index contributed by atoms with van der Waals surface area (Å²) in [4.78, 5) is 8.99. The zero-order valence-electron chi connectivity index (χ0n) is 12.6. The second kappa shape index (κ2) is 5.25. The molecule has 0 aliphatic carbocycles. The molecule has 4 heteroatoms. The van der Waals surface area contributed by atoms with Gasteiger partial charge in [-0.2, -0.15) is 0 Å². The third kappa shape index (κ3) is 2.44. The molecule has 0 atom stereocenters. The number of rotatable bonds is 2. The van der Waals surface area contributed by atoms with Gasteiger partial charge in [0.15, 0.2) is 0 Å². The molecule has 2 aromatic carbocycles. The van der Waals surface area contributed by atoms with E-state index in [1.807, 2.05) is 19.3 Å². The van der Waals surface area contributed by atoms with Crippen molar-refractivity contribution in [1.29, 1.82) is 0 Å². The van der Waals surface area contributed by atoms with Crippen molar-refractivity contribution in [2.24, 2.45) is 7.05 Å². The highest BCUT2D eigenvalue weighted by atomic mass is 16.3. The Hall–Kier alpha value is -3.14. The molecule has 4 rings (SSSR count). The Balaban J connectivity index is 1.80. The van der Waals surface area contributed by atoms with Crippen molar-refractivity contribution >= 4 is 10.9 Å². The summed E-state index contributed by atoms with van der Waals surface area (Å²) in [6.45, 7) is 0. The Morgan fingerprint density at radius 3 is 2.48 bits per heavy atom. The predicted molar refractivity (Wildman–Crippen MR) is 91.0 cm³/mol. The van der Waals surface area contributed by atoms with Crippen LogP contribution in [0.4, 0.5) is 0 Å². The molecule has 0 aliphatic heterocycles. The summed E-state index contributed by atoms with van der Waals surface area (Å²) >= 11 is 0. The van der Waals surface area contributed by atoms with Crippen LogP contribution >= 0.6 is 0 Å². The van der Waals surface area contributed by atoms with Gasteiger partial charge in [-0.15, -0.1) is 0 Å². The molecule has 0 saturated heterocycles. The molecule has 0 saturated carbocycles. The van der Waals surface area contributed by atoms with Crippen molar-refractivity contribution < 1.29 is 5.11 Å². The SMILES string of the molecule is Cn1ccc2cc(-c3cncc(-c4cccc(O)c4)n3)ccc21. The van der Waals surface area contributed by atoms with Crippen molar-refractivity contribution in [2.45, 2.75) is 0 Å².